The van der Waals surface area contributed by atoms with Gasteiger partial charge in [0.05, 0.1) is 0 Å². The molecular formula is C10H20OS. The zero-order chi connectivity index (χ0) is 9.23. The van der Waals surface area contributed by atoms with Crippen molar-refractivity contribution in [2.45, 2.75) is 45.4 Å². The third kappa shape index (κ3) is 10.0. The number of thioether (sulfide) groups is 1. The molecule has 0 bridgehead atoms. The molecule has 0 aromatic rings. The van der Waals surface area contributed by atoms with Crippen molar-refractivity contribution in [3.63, 3.8) is 0 Å². The number of rotatable bonds is 8. The molecule has 0 aliphatic carbocycles. The lowest BCUT2D eigenvalue weighted by atomic mass is 10.1. The molecule has 0 spiro atoms. The Morgan fingerprint density at radius 2 is 1.67 bits per heavy atom. The van der Waals surface area contributed by atoms with E-state index in [0.29, 0.717) is 5.78 Å². The van der Waals surface area contributed by atoms with E-state index in [9.17, 15) is 4.79 Å². The monoisotopic (exact) mass is 188 g/mol. The van der Waals surface area contributed by atoms with Crippen LogP contribution in [0.15, 0.2) is 0 Å². The molecule has 0 unspecified atom stereocenters. The van der Waals surface area contributed by atoms with Gasteiger partial charge in [-0.1, -0.05) is 19.3 Å². The van der Waals surface area contributed by atoms with Crippen molar-refractivity contribution >= 4 is 17.5 Å². The quantitative estimate of drug-likeness (QED) is 0.544. The van der Waals surface area contributed by atoms with Crippen LogP contribution in [0.5, 0.6) is 0 Å². The summed E-state index contributed by atoms with van der Waals surface area (Å²) in [5.41, 5.74) is 0. The van der Waals surface area contributed by atoms with Gasteiger partial charge in [-0.15, -0.1) is 0 Å². The molecule has 0 amide bonds. The average molecular weight is 188 g/mol. The molecule has 0 aromatic heterocycles. The fourth-order valence-electron chi connectivity index (χ4n) is 1.15. The molecule has 0 atom stereocenters. The van der Waals surface area contributed by atoms with Gasteiger partial charge in [-0.25, -0.2) is 0 Å². The highest BCUT2D eigenvalue weighted by molar-refractivity contribution is 7.98. The highest BCUT2D eigenvalue weighted by atomic mass is 32.2. The molecule has 1 nitrogen and oxygen atoms in total. The Bertz CT molecular complexity index is 112. The molecule has 0 N–H and O–H groups in total. The maximum atomic E-state index is 10.6. The van der Waals surface area contributed by atoms with Gasteiger partial charge in [-0.3, -0.25) is 0 Å². The summed E-state index contributed by atoms with van der Waals surface area (Å²) >= 11 is 1.92. The first kappa shape index (κ1) is 12.0. The van der Waals surface area contributed by atoms with E-state index in [1.54, 1.807) is 6.92 Å². The Morgan fingerprint density at radius 3 is 2.25 bits per heavy atom. The summed E-state index contributed by atoms with van der Waals surface area (Å²) in [5.74, 6) is 1.62. The van der Waals surface area contributed by atoms with Gasteiger partial charge in [-0.2, -0.15) is 11.8 Å². The molecule has 72 valence electrons. The summed E-state index contributed by atoms with van der Waals surface area (Å²) in [6.45, 7) is 1.67. The van der Waals surface area contributed by atoms with Crippen LogP contribution >= 0.6 is 11.8 Å². The van der Waals surface area contributed by atoms with Crippen LogP contribution in [0.1, 0.15) is 45.4 Å². The summed E-state index contributed by atoms with van der Waals surface area (Å²) in [6, 6.07) is 0. The lowest BCUT2D eigenvalue weighted by Gasteiger charge is -1.98. The summed E-state index contributed by atoms with van der Waals surface area (Å²) in [4.78, 5) is 10.6. The van der Waals surface area contributed by atoms with Crippen LogP contribution in [0.25, 0.3) is 0 Å². The fraction of sp³-hybridized carbons (Fsp3) is 0.900. The van der Waals surface area contributed by atoms with E-state index in [1.807, 2.05) is 11.8 Å². The predicted octanol–water partition coefficient (Wildman–Crippen LogP) is 3.28. The number of Topliss-reactive ketones (excluding diaryl/α,β-unsaturated/α-hetero) is 1. The predicted molar refractivity (Wildman–Crippen MR) is 56.8 cm³/mol. The van der Waals surface area contributed by atoms with Crippen molar-refractivity contribution in [3.8, 4) is 0 Å². The minimum atomic E-state index is 0.333. The van der Waals surface area contributed by atoms with Crippen molar-refractivity contribution in [2.75, 3.05) is 12.0 Å². The number of unbranched alkanes of at least 4 members (excludes halogenated alkanes) is 4. The van der Waals surface area contributed by atoms with Gasteiger partial charge in [0.1, 0.15) is 5.78 Å². The van der Waals surface area contributed by atoms with Gasteiger partial charge in [0.2, 0.25) is 0 Å². The van der Waals surface area contributed by atoms with E-state index < -0.39 is 0 Å². The van der Waals surface area contributed by atoms with Gasteiger partial charge in [0, 0.05) is 6.42 Å². The highest BCUT2D eigenvalue weighted by Crippen LogP contribution is 2.07. The molecule has 0 saturated heterocycles. The number of carbonyl (C=O) groups is 1. The topological polar surface area (TPSA) is 17.1 Å². The average Bonchev–Trinajstić information content (AvgIpc) is 2.02. The van der Waals surface area contributed by atoms with E-state index in [2.05, 4.69) is 6.26 Å². The van der Waals surface area contributed by atoms with Crippen LogP contribution in [0.2, 0.25) is 0 Å². The van der Waals surface area contributed by atoms with Crippen LogP contribution in [0.3, 0.4) is 0 Å². The molecule has 0 fully saturated rings. The summed E-state index contributed by atoms with van der Waals surface area (Å²) < 4.78 is 0. The van der Waals surface area contributed by atoms with Crippen LogP contribution in [0.4, 0.5) is 0 Å². The third-order valence-electron chi connectivity index (χ3n) is 1.88. The second-order valence-electron chi connectivity index (χ2n) is 3.21. The van der Waals surface area contributed by atoms with Gasteiger partial charge in [0.25, 0.3) is 0 Å². The number of hydrogen-bond acceptors (Lipinski definition) is 2. The fourth-order valence-corrected chi connectivity index (χ4v) is 1.64. The number of carbonyl (C=O) groups excluding carboxylic acids is 1. The maximum absolute atomic E-state index is 10.6. The number of ketones is 1. The minimum absolute atomic E-state index is 0.333. The lowest BCUT2D eigenvalue weighted by molar-refractivity contribution is -0.117. The zero-order valence-corrected chi connectivity index (χ0v) is 9.08. The molecule has 12 heavy (non-hydrogen) atoms. The third-order valence-corrected chi connectivity index (χ3v) is 2.57. The standard InChI is InChI=1S/C10H20OS/c1-10(11)8-6-4-3-5-7-9-12-2/h3-9H2,1-2H3. The van der Waals surface area contributed by atoms with Crippen molar-refractivity contribution < 1.29 is 4.79 Å². The molecule has 0 radical (unpaired) electrons. The van der Waals surface area contributed by atoms with Crippen molar-refractivity contribution in [3.05, 3.63) is 0 Å². The second-order valence-corrected chi connectivity index (χ2v) is 4.20. The van der Waals surface area contributed by atoms with E-state index in [0.717, 1.165) is 12.8 Å². The van der Waals surface area contributed by atoms with Crippen molar-refractivity contribution in [2.24, 2.45) is 0 Å². The molecule has 2 heteroatoms. The summed E-state index contributed by atoms with van der Waals surface area (Å²) in [6.07, 6.45) is 9.22. The Labute approximate surface area is 80.3 Å². The Kier molecular flexibility index (Phi) is 9.13. The molecule has 0 aliphatic heterocycles. The Balaban J connectivity index is 2.86. The van der Waals surface area contributed by atoms with Crippen molar-refractivity contribution in [1.29, 1.82) is 0 Å². The lowest BCUT2D eigenvalue weighted by Crippen LogP contribution is -1.89. The largest absolute Gasteiger partial charge is 0.300 e. The van der Waals surface area contributed by atoms with Gasteiger partial charge >= 0.3 is 0 Å². The normalized spacial score (nSPS) is 10.2. The Hall–Kier alpha value is 0.0200. The van der Waals surface area contributed by atoms with Crippen LogP contribution in [-0.2, 0) is 4.79 Å². The SMILES string of the molecule is CSCCCCCCCC(C)=O. The molecule has 0 saturated carbocycles. The van der Waals surface area contributed by atoms with Crippen LogP contribution in [0, 0.1) is 0 Å². The van der Waals surface area contributed by atoms with Crippen LogP contribution < -0.4 is 0 Å². The van der Waals surface area contributed by atoms with E-state index >= 15 is 0 Å². The Morgan fingerprint density at radius 1 is 1.08 bits per heavy atom. The first-order valence-corrected chi connectivity index (χ1v) is 6.15. The molecular weight excluding hydrogens is 168 g/mol. The summed E-state index contributed by atoms with van der Waals surface area (Å²) in [5, 5.41) is 0. The smallest absolute Gasteiger partial charge is 0.129 e. The first-order valence-electron chi connectivity index (χ1n) is 4.75. The minimum Gasteiger partial charge on any atom is -0.300 e. The van der Waals surface area contributed by atoms with E-state index in [4.69, 9.17) is 0 Å². The van der Waals surface area contributed by atoms with Gasteiger partial charge in [0.15, 0.2) is 0 Å². The van der Waals surface area contributed by atoms with E-state index in [1.165, 1.54) is 31.4 Å². The molecule has 0 aromatic carbocycles. The first-order chi connectivity index (χ1) is 5.77. The zero-order valence-electron chi connectivity index (χ0n) is 8.27. The van der Waals surface area contributed by atoms with E-state index in [-0.39, 0.29) is 0 Å². The molecule has 0 aliphatic rings. The molecule has 0 heterocycles. The number of hydrogen-bond donors (Lipinski definition) is 0. The van der Waals surface area contributed by atoms with Crippen LogP contribution in [-0.4, -0.2) is 17.8 Å². The van der Waals surface area contributed by atoms with Gasteiger partial charge in [-0.05, 0) is 31.8 Å². The summed E-state index contributed by atoms with van der Waals surface area (Å²) in [7, 11) is 0. The highest BCUT2D eigenvalue weighted by Gasteiger charge is 1.93. The molecule has 0 rings (SSSR count). The second kappa shape index (κ2) is 9.11. The van der Waals surface area contributed by atoms with Gasteiger partial charge < -0.3 is 4.79 Å². The van der Waals surface area contributed by atoms with Crippen molar-refractivity contribution in [1.82, 2.24) is 0 Å². The maximum Gasteiger partial charge on any atom is 0.129 e.